The lowest BCUT2D eigenvalue weighted by atomic mass is 10.3. The van der Waals surface area contributed by atoms with E-state index in [4.69, 9.17) is 12.2 Å². The standard InChI is InChI=1S/C18H31N7S2/c1-7-25(8-2)14-13-19-17-21-16(15(3)22-23(17)4)11-9-10-12-20-24(5)18(26)27-6/h9-12,20H,7-8,13-14H2,1-6H3/b11-9+,12-10+,19-17?. The van der Waals surface area contributed by atoms with E-state index in [1.807, 2.05) is 51.7 Å². The molecule has 0 radical (unpaired) electrons. The van der Waals surface area contributed by atoms with Crippen LogP contribution in [0.5, 0.6) is 0 Å². The van der Waals surface area contributed by atoms with Crippen LogP contribution in [0.25, 0.3) is 6.08 Å². The molecule has 1 aromatic heterocycles. The highest BCUT2D eigenvalue weighted by Crippen LogP contribution is 2.01. The van der Waals surface area contributed by atoms with Crippen LogP contribution in [0.2, 0.25) is 0 Å². The minimum absolute atomic E-state index is 0.638. The Labute approximate surface area is 172 Å². The molecule has 0 aromatic carbocycles. The minimum atomic E-state index is 0.638. The van der Waals surface area contributed by atoms with Crippen molar-refractivity contribution in [3.63, 3.8) is 0 Å². The Morgan fingerprint density at radius 1 is 1.33 bits per heavy atom. The molecule has 9 heteroatoms. The molecule has 1 aromatic rings. The van der Waals surface area contributed by atoms with Crippen molar-refractivity contribution in [2.45, 2.75) is 20.8 Å². The third-order valence-electron chi connectivity index (χ3n) is 3.92. The van der Waals surface area contributed by atoms with Gasteiger partial charge in [-0.3, -0.25) is 5.01 Å². The summed E-state index contributed by atoms with van der Waals surface area (Å²) < 4.78 is 2.50. The van der Waals surface area contributed by atoms with Gasteiger partial charge in [0, 0.05) is 26.8 Å². The predicted octanol–water partition coefficient (Wildman–Crippen LogP) is 1.98. The third kappa shape index (κ3) is 8.23. The SMILES string of the molecule is CCN(CC)CCN=c1nc(/C=C/C=C/NN(C)C(=S)SC)c(C)nn1C. The molecular weight excluding hydrogens is 378 g/mol. The molecule has 0 atom stereocenters. The normalized spacial score (nSPS) is 12.5. The molecule has 0 aliphatic heterocycles. The fourth-order valence-electron chi connectivity index (χ4n) is 2.26. The van der Waals surface area contributed by atoms with Gasteiger partial charge in [0.15, 0.2) is 4.32 Å². The van der Waals surface area contributed by atoms with Crippen LogP contribution in [-0.2, 0) is 7.05 Å². The van der Waals surface area contributed by atoms with Gasteiger partial charge in [0.05, 0.1) is 17.9 Å². The van der Waals surface area contributed by atoms with E-state index in [1.165, 1.54) is 11.8 Å². The molecular formula is C18H31N7S2. The van der Waals surface area contributed by atoms with Gasteiger partial charge in [0.2, 0.25) is 5.62 Å². The first-order valence-corrected chi connectivity index (χ1v) is 10.6. The number of thiocarbonyl (C=S) groups is 1. The second kappa shape index (κ2) is 12.6. The molecule has 0 saturated carbocycles. The van der Waals surface area contributed by atoms with Gasteiger partial charge in [-0.2, -0.15) is 5.10 Å². The number of aryl methyl sites for hydroxylation is 2. The van der Waals surface area contributed by atoms with Crippen molar-refractivity contribution in [3.05, 3.63) is 35.4 Å². The van der Waals surface area contributed by atoms with Crippen LogP contribution in [-0.4, -0.2) is 68.5 Å². The van der Waals surface area contributed by atoms with Gasteiger partial charge in [0.1, 0.15) is 0 Å². The Morgan fingerprint density at radius 3 is 2.67 bits per heavy atom. The molecule has 1 rings (SSSR count). The van der Waals surface area contributed by atoms with Gasteiger partial charge in [-0.25, -0.2) is 14.7 Å². The van der Waals surface area contributed by atoms with Crippen LogP contribution >= 0.6 is 24.0 Å². The molecule has 27 heavy (non-hydrogen) atoms. The van der Waals surface area contributed by atoms with Crippen molar-refractivity contribution < 1.29 is 0 Å². The van der Waals surface area contributed by atoms with Crippen molar-refractivity contribution in [1.29, 1.82) is 0 Å². The summed E-state index contributed by atoms with van der Waals surface area (Å²) in [7, 11) is 3.75. The second-order valence-corrected chi connectivity index (χ2v) is 7.23. The van der Waals surface area contributed by atoms with E-state index in [2.05, 4.69) is 39.2 Å². The number of hydrogen-bond donors (Lipinski definition) is 1. The Balaban J connectivity index is 2.79. The van der Waals surface area contributed by atoms with Crippen LogP contribution in [0.4, 0.5) is 0 Å². The number of thioether (sulfide) groups is 1. The molecule has 0 unspecified atom stereocenters. The third-order valence-corrected chi connectivity index (χ3v) is 5.32. The first-order chi connectivity index (χ1) is 12.9. The summed E-state index contributed by atoms with van der Waals surface area (Å²) in [6.07, 6.45) is 9.51. The van der Waals surface area contributed by atoms with Crippen molar-refractivity contribution in [3.8, 4) is 0 Å². The molecule has 1 heterocycles. The lowest BCUT2D eigenvalue weighted by molar-refractivity contribution is 0.311. The maximum absolute atomic E-state index is 5.18. The van der Waals surface area contributed by atoms with Crippen LogP contribution in [0.15, 0.2) is 23.3 Å². The zero-order valence-electron chi connectivity index (χ0n) is 17.1. The van der Waals surface area contributed by atoms with Crippen molar-refractivity contribution in [2.24, 2.45) is 12.0 Å². The lowest BCUT2D eigenvalue weighted by Gasteiger charge is -2.17. The molecule has 0 aliphatic rings. The van der Waals surface area contributed by atoms with Crippen LogP contribution in [0.3, 0.4) is 0 Å². The molecule has 7 nitrogen and oxygen atoms in total. The van der Waals surface area contributed by atoms with Crippen LogP contribution < -0.4 is 11.0 Å². The number of hydrogen-bond acceptors (Lipinski definition) is 7. The van der Waals surface area contributed by atoms with Crippen LogP contribution in [0.1, 0.15) is 25.2 Å². The van der Waals surface area contributed by atoms with E-state index < -0.39 is 0 Å². The average molecular weight is 410 g/mol. The highest BCUT2D eigenvalue weighted by molar-refractivity contribution is 8.22. The van der Waals surface area contributed by atoms with E-state index in [9.17, 15) is 0 Å². The van der Waals surface area contributed by atoms with Gasteiger partial charge >= 0.3 is 0 Å². The first kappa shape index (κ1) is 23.3. The largest absolute Gasteiger partial charge is 0.305 e. The summed E-state index contributed by atoms with van der Waals surface area (Å²) >= 11 is 6.70. The highest BCUT2D eigenvalue weighted by Gasteiger charge is 2.02. The molecule has 1 N–H and O–H groups in total. The molecule has 150 valence electrons. The van der Waals surface area contributed by atoms with Gasteiger partial charge in [0.25, 0.3) is 0 Å². The predicted molar refractivity (Wildman–Crippen MR) is 119 cm³/mol. The summed E-state index contributed by atoms with van der Waals surface area (Å²) in [5.74, 6) is 0. The quantitative estimate of drug-likeness (QED) is 0.380. The van der Waals surface area contributed by atoms with Gasteiger partial charge < -0.3 is 10.3 Å². The molecule has 0 amide bonds. The van der Waals surface area contributed by atoms with E-state index in [0.29, 0.717) is 12.2 Å². The highest BCUT2D eigenvalue weighted by atomic mass is 32.2. The maximum atomic E-state index is 5.18. The van der Waals surface area contributed by atoms with E-state index >= 15 is 0 Å². The van der Waals surface area contributed by atoms with Crippen LogP contribution in [0, 0.1) is 6.92 Å². The molecule has 0 saturated heterocycles. The molecule has 0 fully saturated rings. The van der Waals surface area contributed by atoms with Crippen molar-refractivity contribution >= 4 is 34.4 Å². The number of hydrazine groups is 1. The summed E-state index contributed by atoms with van der Waals surface area (Å²) in [4.78, 5) is 11.6. The number of aromatic nitrogens is 3. The number of rotatable bonds is 9. The first-order valence-electron chi connectivity index (χ1n) is 8.98. The van der Waals surface area contributed by atoms with Crippen molar-refractivity contribution in [2.75, 3.05) is 39.5 Å². The molecule has 0 spiro atoms. The average Bonchev–Trinajstić information content (AvgIpc) is 2.66. The fraction of sp³-hybridized carbons (Fsp3) is 0.556. The topological polar surface area (TPSA) is 61.6 Å². The van der Waals surface area contributed by atoms with E-state index in [-0.39, 0.29) is 0 Å². The molecule has 0 bridgehead atoms. The summed E-state index contributed by atoms with van der Waals surface area (Å²) in [5, 5.41) is 6.28. The summed E-state index contributed by atoms with van der Waals surface area (Å²) in [6, 6.07) is 0. The number of likely N-dealkylation sites (N-methyl/N-ethyl adjacent to an activating group) is 1. The zero-order chi connectivity index (χ0) is 20.2. The number of nitrogens with one attached hydrogen (secondary N) is 1. The number of allylic oxidation sites excluding steroid dienone is 2. The van der Waals surface area contributed by atoms with E-state index in [0.717, 1.165) is 35.3 Å². The number of nitrogens with zero attached hydrogens (tertiary/aromatic N) is 6. The summed E-state index contributed by atoms with van der Waals surface area (Å²) in [6.45, 7) is 9.96. The second-order valence-electron chi connectivity index (χ2n) is 5.79. The van der Waals surface area contributed by atoms with E-state index in [1.54, 1.807) is 9.69 Å². The Hall–Kier alpha value is -1.71. The zero-order valence-corrected chi connectivity index (χ0v) is 18.8. The molecule has 0 aliphatic carbocycles. The maximum Gasteiger partial charge on any atom is 0.241 e. The van der Waals surface area contributed by atoms with Gasteiger partial charge in [-0.1, -0.05) is 43.9 Å². The Morgan fingerprint density at radius 2 is 2.04 bits per heavy atom. The van der Waals surface area contributed by atoms with Crippen molar-refractivity contribution in [1.82, 2.24) is 30.1 Å². The summed E-state index contributed by atoms with van der Waals surface area (Å²) in [5.41, 5.74) is 5.39. The monoisotopic (exact) mass is 409 g/mol. The smallest absolute Gasteiger partial charge is 0.241 e. The fourth-order valence-corrected chi connectivity index (χ4v) is 2.63. The van der Waals surface area contributed by atoms with Gasteiger partial charge in [-0.05, 0) is 38.4 Å². The van der Waals surface area contributed by atoms with Gasteiger partial charge in [-0.15, -0.1) is 0 Å². The minimum Gasteiger partial charge on any atom is -0.305 e. The Bertz CT molecular complexity index is 721. The Kier molecular flexibility index (Phi) is 10.9. The lowest BCUT2D eigenvalue weighted by Crippen LogP contribution is -2.32.